The second-order valence-electron chi connectivity index (χ2n) is 8.54. The zero-order valence-corrected chi connectivity index (χ0v) is 16.8. The topological polar surface area (TPSA) is 92.5 Å². The van der Waals surface area contributed by atoms with E-state index in [0.29, 0.717) is 23.6 Å². The van der Waals surface area contributed by atoms with E-state index in [4.69, 9.17) is 10.5 Å². The maximum Gasteiger partial charge on any atom is 0.256 e. The molecule has 1 aromatic heterocycles. The largest absolute Gasteiger partial charge is 0.381 e. The number of hydrogen-bond donors (Lipinski definition) is 3. The van der Waals surface area contributed by atoms with Crippen molar-refractivity contribution in [3.8, 4) is 0 Å². The van der Waals surface area contributed by atoms with Crippen LogP contribution in [0.2, 0.25) is 0 Å². The molecular weight excluding hydrogens is 354 g/mol. The summed E-state index contributed by atoms with van der Waals surface area (Å²) in [6, 6.07) is 3.04. The van der Waals surface area contributed by atoms with E-state index in [1.807, 2.05) is 19.2 Å². The van der Waals surface area contributed by atoms with Crippen LogP contribution in [-0.2, 0) is 4.74 Å². The smallest absolute Gasteiger partial charge is 0.256 e. The van der Waals surface area contributed by atoms with E-state index in [0.717, 1.165) is 76.2 Å². The monoisotopic (exact) mass is 387 g/mol. The third-order valence-electron chi connectivity index (χ3n) is 6.16. The van der Waals surface area contributed by atoms with Gasteiger partial charge in [0.1, 0.15) is 5.82 Å². The Kier molecular flexibility index (Phi) is 6.13. The van der Waals surface area contributed by atoms with E-state index in [2.05, 4.69) is 20.5 Å². The first-order valence-corrected chi connectivity index (χ1v) is 10.7. The summed E-state index contributed by atoms with van der Waals surface area (Å²) in [5.41, 5.74) is 7.74. The van der Waals surface area contributed by atoms with Gasteiger partial charge in [0.2, 0.25) is 0 Å². The number of nitrogens with one attached hydrogen (secondary N) is 2. The maximum atomic E-state index is 12.8. The van der Waals surface area contributed by atoms with E-state index in [1.165, 1.54) is 0 Å². The quantitative estimate of drug-likeness (QED) is 0.642. The summed E-state index contributed by atoms with van der Waals surface area (Å²) in [4.78, 5) is 19.7. The number of nitrogens with zero attached hydrogens (tertiary/aromatic N) is 2. The van der Waals surface area contributed by atoms with Crippen molar-refractivity contribution in [1.82, 2.24) is 15.6 Å². The molecule has 7 nitrogen and oxygen atoms in total. The Morgan fingerprint density at radius 2 is 1.86 bits per heavy atom. The molecule has 0 spiro atoms. The molecule has 0 bridgehead atoms. The number of carbonyl (C=O) groups excluding carboxylic acids is 1. The van der Waals surface area contributed by atoms with Gasteiger partial charge in [-0.1, -0.05) is 0 Å². The number of rotatable bonds is 6. The Morgan fingerprint density at radius 1 is 1.18 bits per heavy atom. The average Bonchev–Trinajstić information content (AvgIpc) is 3.55. The highest BCUT2D eigenvalue weighted by Gasteiger charge is 2.31. The van der Waals surface area contributed by atoms with Crippen molar-refractivity contribution in [2.45, 2.75) is 63.7 Å². The molecule has 2 aliphatic heterocycles. The molecule has 1 saturated carbocycles. The Bertz CT molecular complexity index is 679. The van der Waals surface area contributed by atoms with E-state index in [-0.39, 0.29) is 12.1 Å². The van der Waals surface area contributed by atoms with E-state index < -0.39 is 0 Å². The molecule has 1 amide bonds. The summed E-state index contributed by atoms with van der Waals surface area (Å²) in [7, 11) is 0. The fourth-order valence-electron chi connectivity index (χ4n) is 4.24. The van der Waals surface area contributed by atoms with E-state index in [1.54, 1.807) is 0 Å². The number of nitrogens with two attached hydrogens (primary N) is 1. The summed E-state index contributed by atoms with van der Waals surface area (Å²) in [5, 5.41) is 6.77. The molecule has 1 atom stereocenters. The van der Waals surface area contributed by atoms with Gasteiger partial charge >= 0.3 is 0 Å². The fraction of sp³-hybridized carbons (Fsp3) is 0.714. The van der Waals surface area contributed by atoms with Crippen molar-refractivity contribution in [3.05, 3.63) is 23.4 Å². The van der Waals surface area contributed by atoms with Crippen molar-refractivity contribution in [2.75, 3.05) is 31.2 Å². The van der Waals surface area contributed by atoms with E-state index in [9.17, 15) is 4.79 Å². The van der Waals surface area contributed by atoms with Crippen LogP contribution in [0.4, 0.5) is 5.82 Å². The highest BCUT2D eigenvalue weighted by molar-refractivity contribution is 5.99. The number of anilines is 1. The van der Waals surface area contributed by atoms with Gasteiger partial charge in [-0.2, -0.15) is 0 Å². The average molecular weight is 388 g/mol. The predicted molar refractivity (Wildman–Crippen MR) is 109 cm³/mol. The molecular formula is C21H33N5O2. The summed E-state index contributed by atoms with van der Waals surface area (Å²) in [6.45, 7) is 5.52. The van der Waals surface area contributed by atoms with Crippen LogP contribution in [0.25, 0.3) is 0 Å². The molecule has 2 saturated heterocycles. The normalized spacial score (nSPS) is 22.9. The lowest BCUT2D eigenvalue weighted by Gasteiger charge is -2.36. The fourth-order valence-corrected chi connectivity index (χ4v) is 4.24. The van der Waals surface area contributed by atoms with Crippen LogP contribution in [-0.4, -0.2) is 55.4 Å². The first-order chi connectivity index (χ1) is 13.6. The van der Waals surface area contributed by atoms with Crippen LogP contribution < -0.4 is 21.3 Å². The van der Waals surface area contributed by atoms with Crippen LogP contribution in [0.1, 0.15) is 54.4 Å². The maximum absolute atomic E-state index is 12.8. The van der Waals surface area contributed by atoms with Gasteiger partial charge in [0.05, 0.1) is 11.7 Å². The van der Waals surface area contributed by atoms with Gasteiger partial charge in [0.25, 0.3) is 5.91 Å². The first-order valence-electron chi connectivity index (χ1n) is 10.7. The lowest BCUT2D eigenvalue weighted by Crippen LogP contribution is -2.48. The molecule has 1 unspecified atom stereocenters. The molecule has 3 aliphatic rings. The SMILES string of the molecule is Cc1cnc(N2CCC(NC3CCOCC3)CC2)c(C(=O)NC(N)C2CC2)c1. The number of aromatic nitrogens is 1. The summed E-state index contributed by atoms with van der Waals surface area (Å²) in [6.07, 6.45) is 8.14. The molecule has 3 fully saturated rings. The van der Waals surface area contributed by atoms with Crippen molar-refractivity contribution >= 4 is 11.7 Å². The lowest BCUT2D eigenvalue weighted by atomic mass is 10.0. The minimum absolute atomic E-state index is 0.104. The summed E-state index contributed by atoms with van der Waals surface area (Å²) >= 11 is 0. The van der Waals surface area contributed by atoms with Gasteiger partial charge in [0.15, 0.2) is 0 Å². The number of carbonyl (C=O) groups is 1. The second kappa shape index (κ2) is 8.76. The number of piperidine rings is 1. The Balaban J connectivity index is 1.38. The van der Waals surface area contributed by atoms with Crippen molar-refractivity contribution < 1.29 is 9.53 Å². The highest BCUT2D eigenvalue weighted by Crippen LogP contribution is 2.31. The number of ether oxygens (including phenoxy) is 1. The van der Waals surface area contributed by atoms with Crippen LogP contribution in [0.3, 0.4) is 0 Å². The van der Waals surface area contributed by atoms with Gasteiger partial charge in [-0.3, -0.25) is 4.79 Å². The second-order valence-corrected chi connectivity index (χ2v) is 8.54. The van der Waals surface area contributed by atoms with Crippen LogP contribution in [0, 0.1) is 12.8 Å². The molecule has 1 aromatic rings. The van der Waals surface area contributed by atoms with E-state index >= 15 is 0 Å². The van der Waals surface area contributed by atoms with Crippen LogP contribution >= 0.6 is 0 Å². The zero-order valence-electron chi connectivity index (χ0n) is 16.8. The first kappa shape index (κ1) is 19.6. The van der Waals surface area contributed by atoms with Crippen molar-refractivity contribution in [2.24, 2.45) is 11.7 Å². The molecule has 0 radical (unpaired) electrons. The summed E-state index contributed by atoms with van der Waals surface area (Å²) in [5.74, 6) is 1.11. The van der Waals surface area contributed by atoms with Gasteiger partial charge in [-0.25, -0.2) is 4.98 Å². The molecule has 1 aliphatic carbocycles. The molecule has 4 rings (SSSR count). The minimum atomic E-state index is -0.254. The van der Waals surface area contributed by atoms with Gasteiger partial charge in [0, 0.05) is 44.6 Å². The Hall–Kier alpha value is -1.70. The van der Waals surface area contributed by atoms with Crippen LogP contribution in [0.15, 0.2) is 12.3 Å². The zero-order chi connectivity index (χ0) is 19.5. The Morgan fingerprint density at radius 3 is 2.54 bits per heavy atom. The molecule has 28 heavy (non-hydrogen) atoms. The molecule has 154 valence electrons. The number of pyridine rings is 1. The Labute approximate surface area is 167 Å². The minimum Gasteiger partial charge on any atom is -0.381 e. The predicted octanol–water partition coefficient (Wildman–Crippen LogP) is 1.55. The summed E-state index contributed by atoms with van der Waals surface area (Å²) < 4.78 is 5.45. The number of hydrogen-bond acceptors (Lipinski definition) is 6. The van der Waals surface area contributed by atoms with Crippen molar-refractivity contribution in [3.63, 3.8) is 0 Å². The molecule has 0 aromatic carbocycles. The molecule has 7 heteroatoms. The lowest BCUT2D eigenvalue weighted by molar-refractivity contribution is 0.0738. The van der Waals surface area contributed by atoms with Crippen molar-refractivity contribution in [1.29, 1.82) is 0 Å². The van der Waals surface area contributed by atoms with Gasteiger partial charge in [-0.05, 0) is 63.0 Å². The number of amides is 1. The third-order valence-corrected chi connectivity index (χ3v) is 6.16. The van der Waals surface area contributed by atoms with Gasteiger partial charge < -0.3 is 26.0 Å². The third kappa shape index (κ3) is 4.82. The highest BCUT2D eigenvalue weighted by atomic mass is 16.5. The molecule has 3 heterocycles. The van der Waals surface area contributed by atoms with Gasteiger partial charge in [-0.15, -0.1) is 0 Å². The number of aryl methyl sites for hydroxylation is 1. The molecule has 4 N–H and O–H groups in total. The van der Waals surface area contributed by atoms with Crippen LogP contribution in [0.5, 0.6) is 0 Å². The standard InChI is InChI=1S/C21H33N5O2/c1-14-12-18(21(27)25-19(22)15-2-3-15)20(23-13-14)26-8-4-16(5-9-26)24-17-6-10-28-11-7-17/h12-13,15-17,19,24H,2-11,22H2,1H3,(H,25,27).